The molecule has 1 aromatic rings. The van der Waals surface area contributed by atoms with Crippen LogP contribution in [0.4, 0.5) is 0 Å². The van der Waals surface area contributed by atoms with Crippen LogP contribution in [0, 0.1) is 0 Å². The quantitative estimate of drug-likeness (QED) is 0.757. The van der Waals surface area contributed by atoms with Gasteiger partial charge in [0.25, 0.3) is 0 Å². The van der Waals surface area contributed by atoms with E-state index in [-0.39, 0.29) is 6.10 Å². The molecule has 0 saturated heterocycles. The van der Waals surface area contributed by atoms with Crippen LogP contribution in [0.25, 0.3) is 0 Å². The van der Waals surface area contributed by atoms with Crippen LogP contribution in [0.3, 0.4) is 0 Å². The van der Waals surface area contributed by atoms with Gasteiger partial charge in [0, 0.05) is 24.0 Å². The first-order chi connectivity index (χ1) is 9.72. The summed E-state index contributed by atoms with van der Waals surface area (Å²) in [6.45, 7) is 5.44. The molecule has 1 aromatic carbocycles. The van der Waals surface area contributed by atoms with Crippen molar-refractivity contribution >= 4 is 11.6 Å². The fourth-order valence-corrected chi connectivity index (χ4v) is 3.04. The second-order valence-corrected chi connectivity index (χ2v) is 6.17. The zero-order valence-corrected chi connectivity index (χ0v) is 13.4. The van der Waals surface area contributed by atoms with Crippen LogP contribution in [0.5, 0.6) is 5.75 Å². The Morgan fingerprint density at radius 1 is 1.30 bits per heavy atom. The third-order valence-electron chi connectivity index (χ3n) is 3.94. The van der Waals surface area contributed by atoms with E-state index in [4.69, 9.17) is 16.3 Å². The molecular weight excluding hydrogens is 270 g/mol. The fourth-order valence-electron chi connectivity index (χ4n) is 2.85. The SMILES string of the molecule is CCCCC(CCC)NCC1Cc2cc(Cl)ccc2O1. The molecule has 1 aliphatic rings. The molecule has 0 spiro atoms. The monoisotopic (exact) mass is 295 g/mol. The Morgan fingerprint density at radius 2 is 2.15 bits per heavy atom. The van der Waals surface area contributed by atoms with Crippen molar-refractivity contribution in [3.8, 4) is 5.75 Å². The second kappa shape index (κ2) is 7.90. The number of hydrogen-bond acceptors (Lipinski definition) is 2. The largest absolute Gasteiger partial charge is 0.488 e. The van der Waals surface area contributed by atoms with Crippen molar-refractivity contribution in [3.05, 3.63) is 28.8 Å². The average molecular weight is 296 g/mol. The number of unbranched alkanes of at least 4 members (excludes halogenated alkanes) is 1. The van der Waals surface area contributed by atoms with Gasteiger partial charge in [-0.25, -0.2) is 0 Å². The van der Waals surface area contributed by atoms with E-state index < -0.39 is 0 Å². The average Bonchev–Trinajstić information content (AvgIpc) is 2.83. The van der Waals surface area contributed by atoms with Gasteiger partial charge in [-0.3, -0.25) is 0 Å². The molecule has 2 rings (SSSR count). The lowest BCUT2D eigenvalue weighted by atomic mass is 10.0. The lowest BCUT2D eigenvalue weighted by Crippen LogP contribution is -2.37. The lowest BCUT2D eigenvalue weighted by Gasteiger charge is -2.20. The van der Waals surface area contributed by atoms with E-state index >= 15 is 0 Å². The predicted octanol–water partition coefficient (Wildman–Crippen LogP) is 4.59. The van der Waals surface area contributed by atoms with Crippen LogP contribution >= 0.6 is 11.6 Å². The highest BCUT2D eigenvalue weighted by Crippen LogP contribution is 2.30. The summed E-state index contributed by atoms with van der Waals surface area (Å²) in [5, 5.41) is 4.49. The van der Waals surface area contributed by atoms with Gasteiger partial charge in [0.05, 0.1) is 0 Å². The number of fused-ring (bicyclic) bond motifs is 1. The van der Waals surface area contributed by atoms with Gasteiger partial charge >= 0.3 is 0 Å². The van der Waals surface area contributed by atoms with Crippen molar-refractivity contribution in [2.24, 2.45) is 0 Å². The van der Waals surface area contributed by atoms with Crippen LogP contribution in [-0.4, -0.2) is 18.7 Å². The molecule has 0 bridgehead atoms. The van der Waals surface area contributed by atoms with Crippen molar-refractivity contribution < 1.29 is 4.74 Å². The first-order valence-electron chi connectivity index (χ1n) is 7.91. The highest BCUT2D eigenvalue weighted by atomic mass is 35.5. The number of hydrogen-bond donors (Lipinski definition) is 1. The lowest BCUT2D eigenvalue weighted by molar-refractivity contribution is 0.218. The summed E-state index contributed by atoms with van der Waals surface area (Å²) in [4.78, 5) is 0. The van der Waals surface area contributed by atoms with Gasteiger partial charge in [-0.2, -0.15) is 0 Å². The predicted molar refractivity (Wildman–Crippen MR) is 85.8 cm³/mol. The molecule has 0 aromatic heterocycles. The van der Waals surface area contributed by atoms with E-state index in [1.165, 1.54) is 37.7 Å². The van der Waals surface area contributed by atoms with E-state index in [1.807, 2.05) is 18.2 Å². The summed E-state index contributed by atoms with van der Waals surface area (Å²) < 4.78 is 5.97. The van der Waals surface area contributed by atoms with Crippen LogP contribution < -0.4 is 10.1 Å². The Bertz CT molecular complexity index is 421. The maximum absolute atomic E-state index is 6.03. The smallest absolute Gasteiger partial charge is 0.123 e. The zero-order chi connectivity index (χ0) is 14.4. The fraction of sp³-hybridized carbons (Fsp3) is 0.647. The van der Waals surface area contributed by atoms with Crippen LogP contribution in [0.1, 0.15) is 51.5 Å². The maximum atomic E-state index is 6.03. The Morgan fingerprint density at radius 3 is 2.90 bits per heavy atom. The van der Waals surface area contributed by atoms with Gasteiger partial charge < -0.3 is 10.1 Å². The Balaban J connectivity index is 1.80. The zero-order valence-electron chi connectivity index (χ0n) is 12.6. The summed E-state index contributed by atoms with van der Waals surface area (Å²) in [6.07, 6.45) is 7.56. The minimum Gasteiger partial charge on any atom is -0.488 e. The Labute approximate surface area is 127 Å². The van der Waals surface area contributed by atoms with Gasteiger partial charge in [0.15, 0.2) is 0 Å². The Hall–Kier alpha value is -0.730. The minimum absolute atomic E-state index is 0.254. The first-order valence-corrected chi connectivity index (χ1v) is 8.29. The van der Waals surface area contributed by atoms with E-state index in [9.17, 15) is 0 Å². The molecule has 2 atom stereocenters. The molecule has 1 N–H and O–H groups in total. The molecule has 112 valence electrons. The number of halogens is 1. The normalized spacial score (nSPS) is 18.6. The molecule has 1 aliphatic heterocycles. The van der Waals surface area contributed by atoms with E-state index in [0.29, 0.717) is 6.04 Å². The molecule has 3 heteroatoms. The van der Waals surface area contributed by atoms with E-state index in [0.717, 1.165) is 23.7 Å². The van der Waals surface area contributed by atoms with Gasteiger partial charge in [-0.05, 0) is 36.6 Å². The summed E-state index contributed by atoms with van der Waals surface area (Å²) in [5.74, 6) is 1.00. The molecule has 2 unspecified atom stereocenters. The highest BCUT2D eigenvalue weighted by Gasteiger charge is 2.23. The molecule has 0 aliphatic carbocycles. The summed E-state index contributed by atoms with van der Waals surface area (Å²) in [5.41, 5.74) is 1.24. The van der Waals surface area contributed by atoms with Crippen molar-refractivity contribution in [3.63, 3.8) is 0 Å². The number of rotatable bonds is 8. The van der Waals surface area contributed by atoms with Gasteiger partial charge in [-0.1, -0.05) is 44.7 Å². The number of benzene rings is 1. The number of nitrogens with one attached hydrogen (secondary N) is 1. The van der Waals surface area contributed by atoms with Crippen molar-refractivity contribution in [2.45, 2.75) is 64.5 Å². The highest BCUT2D eigenvalue weighted by molar-refractivity contribution is 6.30. The summed E-state index contributed by atoms with van der Waals surface area (Å²) >= 11 is 6.03. The van der Waals surface area contributed by atoms with Crippen LogP contribution in [0.2, 0.25) is 5.02 Å². The third kappa shape index (κ3) is 4.39. The van der Waals surface area contributed by atoms with Gasteiger partial charge in [0.2, 0.25) is 0 Å². The standard InChI is InChI=1S/C17H26ClNO/c1-3-5-7-15(6-4-2)19-12-16-11-13-10-14(18)8-9-17(13)20-16/h8-10,15-16,19H,3-7,11-12H2,1-2H3. The van der Waals surface area contributed by atoms with Gasteiger partial charge in [0.1, 0.15) is 11.9 Å². The van der Waals surface area contributed by atoms with Crippen molar-refractivity contribution in [1.82, 2.24) is 5.32 Å². The molecule has 0 amide bonds. The van der Waals surface area contributed by atoms with Crippen molar-refractivity contribution in [2.75, 3.05) is 6.54 Å². The topological polar surface area (TPSA) is 21.3 Å². The maximum Gasteiger partial charge on any atom is 0.123 e. The third-order valence-corrected chi connectivity index (χ3v) is 4.18. The second-order valence-electron chi connectivity index (χ2n) is 5.73. The first kappa shape index (κ1) is 15.7. The van der Waals surface area contributed by atoms with Gasteiger partial charge in [-0.15, -0.1) is 0 Å². The minimum atomic E-state index is 0.254. The van der Waals surface area contributed by atoms with Crippen molar-refractivity contribution in [1.29, 1.82) is 0 Å². The Kier molecular flexibility index (Phi) is 6.18. The van der Waals surface area contributed by atoms with E-state index in [2.05, 4.69) is 19.2 Å². The molecule has 0 fully saturated rings. The van der Waals surface area contributed by atoms with Crippen LogP contribution in [-0.2, 0) is 6.42 Å². The molecule has 0 radical (unpaired) electrons. The van der Waals surface area contributed by atoms with E-state index in [1.54, 1.807) is 0 Å². The molecule has 20 heavy (non-hydrogen) atoms. The molecular formula is C17H26ClNO. The molecule has 0 saturated carbocycles. The molecule has 2 nitrogen and oxygen atoms in total. The summed E-state index contributed by atoms with van der Waals surface area (Å²) in [7, 11) is 0. The summed E-state index contributed by atoms with van der Waals surface area (Å²) in [6, 6.07) is 6.54. The molecule has 1 heterocycles. The van der Waals surface area contributed by atoms with Crippen LogP contribution in [0.15, 0.2) is 18.2 Å². The number of ether oxygens (including phenoxy) is 1.